The van der Waals surface area contributed by atoms with Crippen LogP contribution in [0.5, 0.6) is 0 Å². The summed E-state index contributed by atoms with van der Waals surface area (Å²) in [4.78, 5) is 10.7. The van der Waals surface area contributed by atoms with E-state index in [1.807, 2.05) is 0 Å². The summed E-state index contributed by atoms with van der Waals surface area (Å²) in [5.74, 6) is 4.42. The van der Waals surface area contributed by atoms with Crippen LogP contribution in [0.2, 0.25) is 0 Å². The van der Waals surface area contributed by atoms with Crippen molar-refractivity contribution in [1.29, 1.82) is 0 Å². The minimum absolute atomic E-state index is 0.595. The van der Waals surface area contributed by atoms with Gasteiger partial charge in [-0.25, -0.2) is 4.79 Å². The van der Waals surface area contributed by atoms with Gasteiger partial charge in [0.25, 0.3) is 0 Å². The number of carbonyl (C=O) groups excluding carboxylic acids is 1. The number of hydrogen-bond donors (Lipinski definition) is 0. The minimum atomic E-state index is -0.842. The van der Waals surface area contributed by atoms with E-state index in [-0.39, 0.29) is 0 Å². The Morgan fingerprint density at radius 1 is 1.17 bits per heavy atom. The standard InChI is InChI=1S/C9H10O3/c1-5-7(3)11-9(10)12-8(4)6-2/h1-2,7-8H,3-4H3. The second kappa shape index (κ2) is 5.09. The van der Waals surface area contributed by atoms with Crippen LogP contribution in [0.25, 0.3) is 0 Å². The van der Waals surface area contributed by atoms with Crippen molar-refractivity contribution in [2.75, 3.05) is 0 Å². The molecule has 2 unspecified atom stereocenters. The third-order valence-corrected chi connectivity index (χ3v) is 1.02. The van der Waals surface area contributed by atoms with Gasteiger partial charge in [-0.3, -0.25) is 0 Å². The lowest BCUT2D eigenvalue weighted by atomic mass is 10.4. The normalized spacial score (nSPS) is 13.3. The first-order chi connectivity index (χ1) is 5.60. The summed E-state index contributed by atoms with van der Waals surface area (Å²) in [7, 11) is 0. The summed E-state index contributed by atoms with van der Waals surface area (Å²) >= 11 is 0. The van der Waals surface area contributed by atoms with Gasteiger partial charge in [-0.2, -0.15) is 0 Å². The largest absolute Gasteiger partial charge is 0.510 e. The summed E-state index contributed by atoms with van der Waals surface area (Å²) in [5, 5.41) is 0. The molecule has 2 atom stereocenters. The van der Waals surface area contributed by atoms with Crippen molar-refractivity contribution >= 4 is 6.16 Å². The van der Waals surface area contributed by atoms with E-state index in [2.05, 4.69) is 21.3 Å². The lowest BCUT2D eigenvalue weighted by molar-refractivity contribution is 0.0339. The Kier molecular flexibility index (Phi) is 4.41. The number of rotatable bonds is 2. The van der Waals surface area contributed by atoms with Crippen LogP contribution < -0.4 is 0 Å². The Bertz CT molecular complexity index is 207. The van der Waals surface area contributed by atoms with Crippen molar-refractivity contribution in [2.45, 2.75) is 26.1 Å². The zero-order chi connectivity index (χ0) is 9.56. The van der Waals surface area contributed by atoms with E-state index in [4.69, 9.17) is 12.8 Å². The van der Waals surface area contributed by atoms with E-state index >= 15 is 0 Å². The van der Waals surface area contributed by atoms with Gasteiger partial charge >= 0.3 is 6.16 Å². The summed E-state index contributed by atoms with van der Waals surface area (Å²) in [6.07, 6.45) is 7.89. The van der Waals surface area contributed by atoms with Crippen LogP contribution >= 0.6 is 0 Å². The molecule has 0 aromatic heterocycles. The Hall–Kier alpha value is -1.61. The molecule has 0 aromatic carbocycles. The van der Waals surface area contributed by atoms with E-state index in [1.54, 1.807) is 13.8 Å². The third-order valence-electron chi connectivity index (χ3n) is 1.02. The maximum absolute atomic E-state index is 10.7. The minimum Gasteiger partial charge on any atom is -0.418 e. The monoisotopic (exact) mass is 166 g/mol. The molecular weight excluding hydrogens is 156 g/mol. The lowest BCUT2D eigenvalue weighted by Gasteiger charge is -2.09. The molecule has 0 aromatic rings. The maximum Gasteiger partial charge on any atom is 0.510 e. The van der Waals surface area contributed by atoms with E-state index in [0.717, 1.165) is 0 Å². The summed E-state index contributed by atoms with van der Waals surface area (Å²) in [6, 6.07) is 0. The van der Waals surface area contributed by atoms with Crippen LogP contribution in [0.1, 0.15) is 13.8 Å². The van der Waals surface area contributed by atoms with Crippen LogP contribution in [0.4, 0.5) is 4.79 Å². The first kappa shape index (κ1) is 10.4. The first-order valence-corrected chi connectivity index (χ1v) is 3.39. The number of ether oxygens (including phenoxy) is 2. The van der Waals surface area contributed by atoms with Crippen LogP contribution in [0.15, 0.2) is 0 Å². The Morgan fingerprint density at radius 3 is 1.75 bits per heavy atom. The molecule has 0 saturated carbocycles. The number of hydrogen-bond acceptors (Lipinski definition) is 3. The molecule has 0 aliphatic rings. The fourth-order valence-corrected chi connectivity index (χ4v) is 0.384. The second-order valence-corrected chi connectivity index (χ2v) is 2.10. The van der Waals surface area contributed by atoms with Crippen molar-refractivity contribution in [2.24, 2.45) is 0 Å². The predicted molar refractivity (Wildman–Crippen MR) is 44.2 cm³/mol. The van der Waals surface area contributed by atoms with Gasteiger partial charge in [0.15, 0.2) is 12.2 Å². The average molecular weight is 166 g/mol. The highest BCUT2D eigenvalue weighted by molar-refractivity contribution is 5.61. The van der Waals surface area contributed by atoms with Gasteiger partial charge in [-0.1, -0.05) is 11.8 Å². The topological polar surface area (TPSA) is 35.5 Å². The molecule has 0 bridgehead atoms. The SMILES string of the molecule is C#CC(C)OC(=O)OC(C)C#C. The van der Waals surface area contributed by atoms with Gasteiger partial charge in [0.2, 0.25) is 0 Å². The van der Waals surface area contributed by atoms with Crippen molar-refractivity contribution in [3.05, 3.63) is 0 Å². The van der Waals surface area contributed by atoms with Gasteiger partial charge in [-0.05, 0) is 13.8 Å². The zero-order valence-corrected chi connectivity index (χ0v) is 7.03. The molecule has 0 radical (unpaired) electrons. The smallest absolute Gasteiger partial charge is 0.418 e. The van der Waals surface area contributed by atoms with Gasteiger partial charge in [-0.15, -0.1) is 12.8 Å². The Labute approximate surface area is 72.0 Å². The lowest BCUT2D eigenvalue weighted by Crippen LogP contribution is -2.18. The molecule has 0 spiro atoms. The quantitative estimate of drug-likeness (QED) is 0.456. The zero-order valence-electron chi connectivity index (χ0n) is 7.03. The van der Waals surface area contributed by atoms with E-state index in [0.29, 0.717) is 0 Å². The molecule has 3 heteroatoms. The molecule has 12 heavy (non-hydrogen) atoms. The maximum atomic E-state index is 10.7. The number of terminal acetylenes is 2. The van der Waals surface area contributed by atoms with E-state index in [9.17, 15) is 4.79 Å². The Morgan fingerprint density at radius 2 is 1.50 bits per heavy atom. The van der Waals surface area contributed by atoms with Gasteiger partial charge in [0.1, 0.15) is 0 Å². The van der Waals surface area contributed by atoms with Crippen molar-refractivity contribution in [3.63, 3.8) is 0 Å². The molecular formula is C9H10O3. The van der Waals surface area contributed by atoms with Crippen LogP contribution in [-0.4, -0.2) is 18.4 Å². The van der Waals surface area contributed by atoms with E-state index in [1.165, 1.54) is 0 Å². The van der Waals surface area contributed by atoms with Crippen molar-refractivity contribution in [1.82, 2.24) is 0 Å². The average Bonchev–Trinajstić information content (AvgIpc) is 2.03. The highest BCUT2D eigenvalue weighted by Gasteiger charge is 2.10. The van der Waals surface area contributed by atoms with Crippen molar-refractivity contribution < 1.29 is 14.3 Å². The molecule has 0 aliphatic carbocycles. The van der Waals surface area contributed by atoms with E-state index < -0.39 is 18.4 Å². The summed E-state index contributed by atoms with van der Waals surface area (Å²) < 4.78 is 9.16. The molecule has 0 N–H and O–H groups in total. The van der Waals surface area contributed by atoms with Crippen LogP contribution in [0.3, 0.4) is 0 Å². The number of carbonyl (C=O) groups is 1. The van der Waals surface area contributed by atoms with Crippen LogP contribution in [-0.2, 0) is 9.47 Å². The molecule has 0 heterocycles. The second-order valence-electron chi connectivity index (χ2n) is 2.10. The van der Waals surface area contributed by atoms with Crippen LogP contribution in [0, 0.1) is 24.7 Å². The fraction of sp³-hybridized carbons (Fsp3) is 0.444. The van der Waals surface area contributed by atoms with Gasteiger partial charge < -0.3 is 9.47 Å². The molecule has 0 fully saturated rings. The molecule has 64 valence electrons. The highest BCUT2D eigenvalue weighted by Crippen LogP contribution is 1.96. The fourth-order valence-electron chi connectivity index (χ4n) is 0.384. The molecule has 0 rings (SSSR count). The molecule has 0 saturated heterocycles. The molecule has 0 aliphatic heterocycles. The van der Waals surface area contributed by atoms with Gasteiger partial charge in [0.05, 0.1) is 0 Å². The summed E-state index contributed by atoms with van der Waals surface area (Å²) in [5.41, 5.74) is 0. The van der Waals surface area contributed by atoms with Crippen molar-refractivity contribution in [3.8, 4) is 24.7 Å². The molecule has 0 amide bonds. The molecule has 3 nitrogen and oxygen atoms in total. The Balaban J connectivity index is 3.78. The summed E-state index contributed by atoms with van der Waals surface area (Å²) in [6.45, 7) is 3.11. The third kappa shape index (κ3) is 4.24. The predicted octanol–water partition coefficient (Wildman–Crippen LogP) is 1.18. The van der Waals surface area contributed by atoms with Gasteiger partial charge in [0, 0.05) is 0 Å². The first-order valence-electron chi connectivity index (χ1n) is 3.39. The highest BCUT2D eigenvalue weighted by atomic mass is 16.7.